The summed E-state index contributed by atoms with van der Waals surface area (Å²) in [5, 5.41) is 0. The van der Waals surface area contributed by atoms with E-state index in [4.69, 9.17) is 10.5 Å². The number of nitrogens with zero attached hydrogens (tertiary/aromatic N) is 1. The predicted octanol–water partition coefficient (Wildman–Crippen LogP) is 2.40. The lowest BCUT2D eigenvalue weighted by atomic mass is 10.1. The second-order valence-corrected chi connectivity index (χ2v) is 4.90. The Labute approximate surface area is 104 Å². The van der Waals surface area contributed by atoms with Gasteiger partial charge in [-0.2, -0.15) is 0 Å². The molecule has 3 nitrogen and oxygen atoms in total. The minimum Gasteiger partial charge on any atom is -0.381 e. The Bertz CT molecular complexity index is 288. The molecule has 1 aromatic heterocycles. The molecule has 1 atom stereocenters. The van der Waals surface area contributed by atoms with Crippen molar-refractivity contribution in [3.05, 3.63) is 30.1 Å². The summed E-state index contributed by atoms with van der Waals surface area (Å²) >= 11 is 0. The summed E-state index contributed by atoms with van der Waals surface area (Å²) in [6.07, 6.45) is 6.55. The summed E-state index contributed by atoms with van der Waals surface area (Å²) < 4.78 is 5.56. The van der Waals surface area contributed by atoms with E-state index in [1.807, 2.05) is 12.1 Å². The molecule has 1 rings (SSSR count). The summed E-state index contributed by atoms with van der Waals surface area (Å²) in [5.41, 5.74) is 7.29. The average molecular weight is 236 g/mol. The Balaban J connectivity index is 2.07. The smallest absolute Gasteiger partial charge is 0.0480 e. The second-order valence-electron chi connectivity index (χ2n) is 4.90. The van der Waals surface area contributed by atoms with Crippen LogP contribution in [0.4, 0.5) is 0 Å². The van der Waals surface area contributed by atoms with Crippen LogP contribution < -0.4 is 5.73 Å². The highest BCUT2D eigenvalue weighted by Crippen LogP contribution is 2.04. The van der Waals surface area contributed by atoms with E-state index in [-0.39, 0.29) is 6.04 Å². The van der Waals surface area contributed by atoms with E-state index in [9.17, 15) is 0 Å². The van der Waals surface area contributed by atoms with Crippen LogP contribution >= 0.6 is 0 Å². The third-order valence-electron chi connectivity index (χ3n) is 2.72. The lowest BCUT2D eigenvalue weighted by Crippen LogP contribution is -2.24. The number of ether oxygens (including phenoxy) is 1. The molecule has 1 aromatic rings. The highest BCUT2D eigenvalue weighted by atomic mass is 16.5. The number of nitrogens with two attached hydrogens (primary N) is 1. The van der Waals surface area contributed by atoms with Crippen molar-refractivity contribution in [2.45, 2.75) is 39.2 Å². The van der Waals surface area contributed by atoms with Crippen molar-refractivity contribution in [1.82, 2.24) is 4.98 Å². The zero-order valence-corrected chi connectivity index (χ0v) is 10.9. The van der Waals surface area contributed by atoms with Crippen LogP contribution in [-0.4, -0.2) is 24.2 Å². The van der Waals surface area contributed by atoms with Gasteiger partial charge in [-0.05, 0) is 42.9 Å². The second kappa shape index (κ2) is 8.20. The van der Waals surface area contributed by atoms with E-state index >= 15 is 0 Å². The van der Waals surface area contributed by atoms with Gasteiger partial charge >= 0.3 is 0 Å². The Hall–Kier alpha value is -0.930. The fourth-order valence-corrected chi connectivity index (χ4v) is 1.58. The van der Waals surface area contributed by atoms with Crippen LogP contribution in [0.1, 0.15) is 32.3 Å². The van der Waals surface area contributed by atoms with E-state index in [0.29, 0.717) is 5.92 Å². The molecule has 0 aliphatic rings. The number of hydrogen-bond acceptors (Lipinski definition) is 3. The average Bonchev–Trinajstić information content (AvgIpc) is 2.29. The van der Waals surface area contributed by atoms with E-state index in [2.05, 4.69) is 18.8 Å². The van der Waals surface area contributed by atoms with Gasteiger partial charge in [-0.15, -0.1) is 0 Å². The summed E-state index contributed by atoms with van der Waals surface area (Å²) in [5.74, 6) is 0.709. The van der Waals surface area contributed by atoms with E-state index in [1.165, 1.54) is 5.56 Å². The molecule has 0 amide bonds. The first kappa shape index (κ1) is 14.1. The van der Waals surface area contributed by atoms with Gasteiger partial charge in [0.2, 0.25) is 0 Å². The molecule has 0 bridgehead atoms. The van der Waals surface area contributed by atoms with Crippen LogP contribution in [0.3, 0.4) is 0 Å². The van der Waals surface area contributed by atoms with Gasteiger partial charge in [-0.25, -0.2) is 0 Å². The monoisotopic (exact) mass is 236 g/mol. The SMILES string of the molecule is CC(C)CCOCCC(N)Cc1ccncc1. The molecule has 0 radical (unpaired) electrons. The minimum atomic E-state index is 0.177. The zero-order valence-electron chi connectivity index (χ0n) is 10.9. The molecule has 0 fully saturated rings. The summed E-state index contributed by atoms with van der Waals surface area (Å²) in [4.78, 5) is 3.99. The summed E-state index contributed by atoms with van der Waals surface area (Å²) in [7, 11) is 0. The molecule has 1 heterocycles. The highest BCUT2D eigenvalue weighted by molar-refractivity contribution is 5.10. The van der Waals surface area contributed by atoms with Gasteiger partial charge in [-0.1, -0.05) is 13.8 Å². The molecule has 3 heteroatoms. The van der Waals surface area contributed by atoms with Crippen molar-refractivity contribution in [3.8, 4) is 0 Å². The quantitative estimate of drug-likeness (QED) is 0.705. The van der Waals surface area contributed by atoms with E-state index < -0.39 is 0 Å². The molecule has 1 unspecified atom stereocenters. The van der Waals surface area contributed by atoms with Gasteiger partial charge in [0, 0.05) is 31.6 Å². The lowest BCUT2D eigenvalue weighted by molar-refractivity contribution is 0.117. The van der Waals surface area contributed by atoms with Crippen LogP contribution in [0.5, 0.6) is 0 Å². The fraction of sp³-hybridized carbons (Fsp3) is 0.643. The van der Waals surface area contributed by atoms with Gasteiger partial charge in [0.1, 0.15) is 0 Å². The van der Waals surface area contributed by atoms with E-state index in [0.717, 1.165) is 32.5 Å². The lowest BCUT2D eigenvalue weighted by Gasteiger charge is -2.12. The minimum absolute atomic E-state index is 0.177. The van der Waals surface area contributed by atoms with Crippen LogP contribution in [0.15, 0.2) is 24.5 Å². The molecule has 96 valence electrons. The molecule has 0 aliphatic carbocycles. The Morgan fingerprint density at radius 3 is 2.47 bits per heavy atom. The highest BCUT2D eigenvalue weighted by Gasteiger charge is 2.04. The molecule has 0 aliphatic heterocycles. The molecule has 0 saturated carbocycles. The first-order valence-electron chi connectivity index (χ1n) is 6.40. The van der Waals surface area contributed by atoms with Crippen molar-refractivity contribution >= 4 is 0 Å². The first-order chi connectivity index (χ1) is 8.18. The summed E-state index contributed by atoms with van der Waals surface area (Å²) in [6, 6.07) is 4.20. The van der Waals surface area contributed by atoms with Crippen molar-refractivity contribution in [3.63, 3.8) is 0 Å². The molecule has 0 saturated heterocycles. The molecule has 0 aromatic carbocycles. The predicted molar refractivity (Wildman–Crippen MR) is 70.8 cm³/mol. The van der Waals surface area contributed by atoms with Crippen LogP contribution in [-0.2, 0) is 11.2 Å². The zero-order chi connectivity index (χ0) is 12.5. The van der Waals surface area contributed by atoms with Crippen molar-refractivity contribution in [1.29, 1.82) is 0 Å². The third-order valence-corrected chi connectivity index (χ3v) is 2.72. The molecule has 17 heavy (non-hydrogen) atoms. The Kier molecular flexibility index (Phi) is 6.82. The Morgan fingerprint density at radius 1 is 1.18 bits per heavy atom. The van der Waals surface area contributed by atoms with Gasteiger partial charge < -0.3 is 10.5 Å². The maximum Gasteiger partial charge on any atom is 0.0480 e. The molecular formula is C14H24N2O. The summed E-state index contributed by atoms with van der Waals surface area (Å²) in [6.45, 7) is 6.02. The van der Waals surface area contributed by atoms with Crippen molar-refractivity contribution < 1.29 is 4.74 Å². The van der Waals surface area contributed by atoms with Crippen LogP contribution in [0.2, 0.25) is 0 Å². The van der Waals surface area contributed by atoms with Gasteiger partial charge in [-0.3, -0.25) is 4.98 Å². The standard InChI is InChI=1S/C14H24N2O/c1-12(2)5-9-17-10-6-14(15)11-13-3-7-16-8-4-13/h3-4,7-8,12,14H,5-6,9-11,15H2,1-2H3. The van der Waals surface area contributed by atoms with Gasteiger partial charge in [0.25, 0.3) is 0 Å². The number of pyridine rings is 1. The normalized spacial score (nSPS) is 12.9. The number of rotatable bonds is 8. The van der Waals surface area contributed by atoms with Crippen LogP contribution in [0.25, 0.3) is 0 Å². The van der Waals surface area contributed by atoms with Gasteiger partial charge in [0.05, 0.1) is 0 Å². The van der Waals surface area contributed by atoms with Crippen molar-refractivity contribution in [2.24, 2.45) is 11.7 Å². The van der Waals surface area contributed by atoms with Gasteiger partial charge in [0.15, 0.2) is 0 Å². The van der Waals surface area contributed by atoms with E-state index in [1.54, 1.807) is 12.4 Å². The fourth-order valence-electron chi connectivity index (χ4n) is 1.58. The number of aromatic nitrogens is 1. The van der Waals surface area contributed by atoms with Crippen LogP contribution in [0, 0.1) is 5.92 Å². The molecule has 2 N–H and O–H groups in total. The number of hydrogen-bond donors (Lipinski definition) is 1. The maximum absolute atomic E-state index is 6.05. The molecule has 0 spiro atoms. The maximum atomic E-state index is 6.05. The third kappa shape index (κ3) is 7.08. The Morgan fingerprint density at radius 2 is 1.82 bits per heavy atom. The van der Waals surface area contributed by atoms with Crippen molar-refractivity contribution in [2.75, 3.05) is 13.2 Å². The largest absolute Gasteiger partial charge is 0.381 e. The topological polar surface area (TPSA) is 48.1 Å². The first-order valence-corrected chi connectivity index (χ1v) is 6.40. The molecular weight excluding hydrogens is 212 g/mol.